The molecule has 0 aromatic carbocycles. The number of hydrogen-bond acceptors (Lipinski definition) is 24. The van der Waals surface area contributed by atoms with Gasteiger partial charge in [-0.2, -0.15) is 0 Å². The first-order chi connectivity index (χ1) is 24.4. The summed E-state index contributed by atoms with van der Waals surface area (Å²) in [7, 11) is -5.28. The van der Waals surface area contributed by atoms with Gasteiger partial charge in [-0.15, -0.1) is 0 Å². The molecule has 5 aliphatic rings. The maximum Gasteiger partial charge on any atom is 0.472 e. The zero-order valence-corrected chi connectivity index (χ0v) is 27.7. The van der Waals surface area contributed by atoms with Crippen LogP contribution in [0.2, 0.25) is 0 Å². The van der Waals surface area contributed by atoms with Crippen molar-refractivity contribution in [1.29, 1.82) is 0 Å². The number of aliphatic hydroxyl groups is 14. The minimum atomic E-state index is -5.28. The van der Waals surface area contributed by atoms with E-state index in [1.165, 1.54) is 0 Å². The van der Waals surface area contributed by atoms with E-state index in [0.29, 0.717) is 0 Å². The van der Waals surface area contributed by atoms with E-state index in [4.69, 9.17) is 42.2 Å². The third-order valence-corrected chi connectivity index (χ3v) is 10.3. The molecule has 304 valence electrons. The highest BCUT2D eigenvalue weighted by Crippen LogP contribution is 2.47. The summed E-state index contributed by atoms with van der Waals surface area (Å²) in [5.74, 6) is 0. The van der Waals surface area contributed by atoms with Crippen LogP contribution >= 0.6 is 7.82 Å². The van der Waals surface area contributed by atoms with Crippen LogP contribution in [0.15, 0.2) is 0 Å². The fraction of sp³-hybridized carbons (Fsp3) is 1.00. The zero-order chi connectivity index (χ0) is 38.4. The van der Waals surface area contributed by atoms with Crippen LogP contribution in [0.3, 0.4) is 0 Å². The van der Waals surface area contributed by atoms with Gasteiger partial charge in [-0.05, 0) is 0 Å². The average molecular weight is 789 g/mol. The number of aliphatic hydroxyl groups excluding tert-OH is 14. The summed E-state index contributed by atoms with van der Waals surface area (Å²) in [4.78, 5) is 10.1. The van der Waals surface area contributed by atoms with Gasteiger partial charge in [0.05, 0.1) is 26.4 Å². The quantitative estimate of drug-likeness (QED) is 0.0727. The topological polar surface area (TPSA) is 404 Å². The van der Waals surface area contributed by atoms with Gasteiger partial charge in [0.15, 0.2) is 25.2 Å². The SMILES string of the molecule is O=P(O)(OC[C@H]1O[C@@H](O[C@@H]2[C@@H](OC[C@H]3O[C@H](OC[C@H]4O[C@H](O)[C@@H](O)[C@@H]4O)[C@@H](O)[C@@H]3O)O[C@H](CO)[C@H]2O)[C@@H](O)[C@@H]1O)OC1[C@@H](O)[C@H](O)C(O)[C@H](O)[C@@H]1O. The van der Waals surface area contributed by atoms with E-state index >= 15 is 0 Å². The Bertz CT molecular complexity index is 1190. The fourth-order valence-electron chi connectivity index (χ4n) is 6.16. The van der Waals surface area contributed by atoms with Crippen molar-refractivity contribution in [3.05, 3.63) is 0 Å². The van der Waals surface area contributed by atoms with E-state index in [2.05, 4.69) is 0 Å². The smallest absolute Gasteiger partial charge is 0.394 e. The molecule has 4 heterocycles. The highest BCUT2D eigenvalue weighted by molar-refractivity contribution is 7.47. The van der Waals surface area contributed by atoms with Crippen molar-refractivity contribution in [1.82, 2.24) is 0 Å². The molecular weight excluding hydrogens is 743 g/mol. The Hall–Kier alpha value is -0.730. The second kappa shape index (κ2) is 17.2. The minimum absolute atomic E-state index is 0.472. The monoisotopic (exact) mass is 788 g/mol. The second-order valence-electron chi connectivity index (χ2n) is 12.9. The molecule has 26 heteroatoms. The summed E-state index contributed by atoms with van der Waals surface area (Å²) in [6.45, 7) is -2.80. The molecule has 0 spiro atoms. The van der Waals surface area contributed by atoms with Crippen molar-refractivity contribution in [3.8, 4) is 0 Å². The molecule has 15 N–H and O–H groups in total. The summed E-state index contributed by atoms with van der Waals surface area (Å²) in [6, 6.07) is 0. The average Bonchev–Trinajstić information content (AvgIpc) is 3.75. The van der Waals surface area contributed by atoms with Gasteiger partial charge in [0, 0.05) is 0 Å². The predicted molar refractivity (Wildman–Crippen MR) is 153 cm³/mol. The molecule has 0 aromatic heterocycles. The Morgan fingerprint density at radius 2 is 0.923 bits per heavy atom. The third kappa shape index (κ3) is 8.79. The van der Waals surface area contributed by atoms with Gasteiger partial charge in [-0.25, -0.2) is 4.57 Å². The number of rotatable bonds is 14. The lowest BCUT2D eigenvalue weighted by molar-refractivity contribution is -0.255. The lowest BCUT2D eigenvalue weighted by Gasteiger charge is -2.41. The first kappa shape index (κ1) is 42.4. The van der Waals surface area contributed by atoms with Gasteiger partial charge in [-0.3, -0.25) is 9.05 Å². The summed E-state index contributed by atoms with van der Waals surface area (Å²) in [6.07, 6.45) is -38.0. The van der Waals surface area contributed by atoms with Crippen LogP contribution in [0.25, 0.3) is 0 Å². The van der Waals surface area contributed by atoms with Crippen LogP contribution in [-0.2, 0) is 46.8 Å². The predicted octanol–water partition coefficient (Wildman–Crippen LogP) is -9.86. The Morgan fingerprint density at radius 1 is 0.462 bits per heavy atom. The molecule has 5 fully saturated rings. The van der Waals surface area contributed by atoms with Crippen LogP contribution in [-0.4, -0.2) is 238 Å². The molecular formula is C26H45O25P. The van der Waals surface area contributed by atoms with Gasteiger partial charge in [0.2, 0.25) is 0 Å². The van der Waals surface area contributed by atoms with Crippen molar-refractivity contribution >= 4 is 7.82 Å². The zero-order valence-electron chi connectivity index (χ0n) is 26.8. The number of hydrogen-bond donors (Lipinski definition) is 15. The summed E-state index contributed by atoms with van der Waals surface area (Å²) in [5.41, 5.74) is 0. The molecule has 23 atom stereocenters. The molecule has 0 radical (unpaired) electrons. The minimum Gasteiger partial charge on any atom is -0.394 e. The molecule has 1 saturated carbocycles. The van der Waals surface area contributed by atoms with Crippen molar-refractivity contribution < 1.29 is 123 Å². The fourth-order valence-corrected chi connectivity index (χ4v) is 7.11. The van der Waals surface area contributed by atoms with Gasteiger partial charge in [0.1, 0.15) is 110 Å². The summed E-state index contributed by atoms with van der Waals surface area (Å²) < 4.78 is 59.8. The van der Waals surface area contributed by atoms with Crippen LogP contribution in [0.1, 0.15) is 0 Å². The lowest BCUT2D eigenvalue weighted by Crippen LogP contribution is -2.64. The van der Waals surface area contributed by atoms with Gasteiger partial charge in [0.25, 0.3) is 0 Å². The summed E-state index contributed by atoms with van der Waals surface area (Å²) in [5, 5.41) is 141. The Kier molecular flexibility index (Phi) is 14.0. The maximum absolute atomic E-state index is 12.6. The van der Waals surface area contributed by atoms with Gasteiger partial charge in [-0.1, -0.05) is 0 Å². The Morgan fingerprint density at radius 3 is 1.48 bits per heavy atom. The first-order valence-electron chi connectivity index (χ1n) is 16.0. The van der Waals surface area contributed by atoms with Crippen molar-refractivity contribution in [2.45, 2.75) is 135 Å². The second-order valence-corrected chi connectivity index (χ2v) is 14.3. The molecule has 25 nitrogen and oxygen atoms in total. The van der Waals surface area contributed by atoms with Crippen LogP contribution < -0.4 is 0 Å². The normalized spacial score (nSPS) is 52.4. The van der Waals surface area contributed by atoms with Crippen molar-refractivity contribution in [2.75, 3.05) is 26.4 Å². The molecule has 3 unspecified atom stereocenters. The van der Waals surface area contributed by atoms with Gasteiger partial charge >= 0.3 is 7.82 Å². The van der Waals surface area contributed by atoms with Crippen LogP contribution in [0, 0.1) is 0 Å². The maximum atomic E-state index is 12.6. The van der Waals surface area contributed by atoms with E-state index in [-0.39, 0.29) is 0 Å². The Labute approximate surface area is 292 Å². The molecule has 4 aliphatic heterocycles. The van der Waals surface area contributed by atoms with E-state index in [0.717, 1.165) is 0 Å². The molecule has 0 amide bonds. The molecule has 0 aromatic rings. The molecule has 52 heavy (non-hydrogen) atoms. The number of phosphoric ester groups is 1. The number of phosphoric acid groups is 1. The Balaban J connectivity index is 1.13. The van der Waals surface area contributed by atoms with Crippen molar-refractivity contribution in [3.63, 3.8) is 0 Å². The highest BCUT2D eigenvalue weighted by Gasteiger charge is 2.54. The molecule has 5 rings (SSSR count). The van der Waals surface area contributed by atoms with Crippen molar-refractivity contribution in [2.24, 2.45) is 0 Å². The summed E-state index contributed by atoms with van der Waals surface area (Å²) >= 11 is 0. The van der Waals surface area contributed by atoms with E-state index in [1.54, 1.807) is 0 Å². The molecule has 1 aliphatic carbocycles. The number of ether oxygens (including phenoxy) is 7. The van der Waals surface area contributed by atoms with Crippen LogP contribution in [0.5, 0.6) is 0 Å². The van der Waals surface area contributed by atoms with E-state index < -0.39 is 169 Å². The lowest BCUT2D eigenvalue weighted by atomic mass is 9.85. The van der Waals surface area contributed by atoms with E-state index in [1.807, 2.05) is 0 Å². The highest BCUT2D eigenvalue weighted by atomic mass is 31.2. The third-order valence-electron chi connectivity index (χ3n) is 9.32. The van der Waals surface area contributed by atoms with Crippen LogP contribution in [0.4, 0.5) is 0 Å². The molecule has 4 saturated heterocycles. The standard InChI is InChI=1S/C26H45O25P/c27-1-5-12(31)22(26(47-5)44-3-7-10(29)19(38)24(48-7)43-2-6-9(28)18(37)23(40)46-6)50-25-20(39)11(30)8(49-25)4-45-52(41,42)51-21-16(35)14(33)13(32)15(34)17(21)36/h5-40H,1-4H2,(H,41,42)/t5-,6-,7-,8-,9-,10-,11-,12-,13?,14-,15+,16+,17+,18+,19+,20+,21?,22+,23+,24+,25+,26+/m1/s1. The van der Waals surface area contributed by atoms with Gasteiger partial charge < -0.3 is 110 Å². The molecule has 0 bridgehead atoms. The largest absolute Gasteiger partial charge is 0.472 e. The first-order valence-corrected chi connectivity index (χ1v) is 17.5. The van der Waals surface area contributed by atoms with E-state index in [9.17, 15) is 80.9 Å².